The van der Waals surface area contributed by atoms with E-state index in [0.29, 0.717) is 5.56 Å². The van der Waals surface area contributed by atoms with Crippen LogP contribution in [-0.4, -0.2) is 21.3 Å². The molecule has 0 aliphatic rings. The Bertz CT molecular complexity index is 599. The highest BCUT2D eigenvalue weighted by Crippen LogP contribution is 2.28. The molecule has 0 radical (unpaired) electrons. The molecule has 0 saturated heterocycles. The Morgan fingerprint density at radius 1 is 1.47 bits per heavy atom. The van der Waals surface area contributed by atoms with Crippen molar-refractivity contribution >= 4 is 11.8 Å². The minimum atomic E-state index is 0.670. The van der Waals surface area contributed by atoms with E-state index in [0.717, 1.165) is 28.7 Å². The van der Waals surface area contributed by atoms with Gasteiger partial charge in [0.05, 0.1) is 5.56 Å². The van der Waals surface area contributed by atoms with Crippen LogP contribution in [0.1, 0.15) is 18.1 Å². The first-order valence-electron chi connectivity index (χ1n) is 6.00. The first-order chi connectivity index (χ1) is 9.24. The molecule has 0 saturated carbocycles. The molecule has 0 atom stereocenters. The predicted molar refractivity (Wildman–Crippen MR) is 73.7 cm³/mol. The molecule has 1 aromatic heterocycles. The Kier molecular flexibility index (Phi) is 4.55. The first-order valence-corrected chi connectivity index (χ1v) is 6.81. The Labute approximate surface area is 116 Å². The van der Waals surface area contributed by atoms with E-state index in [1.807, 2.05) is 25.2 Å². The Morgan fingerprint density at radius 2 is 2.32 bits per heavy atom. The lowest BCUT2D eigenvalue weighted by atomic mass is 10.1. The summed E-state index contributed by atoms with van der Waals surface area (Å²) >= 11 is 1.45. The number of aromatic nitrogens is 3. The molecule has 0 unspecified atom stereocenters. The summed E-state index contributed by atoms with van der Waals surface area (Å²) in [4.78, 5) is 5.05. The fourth-order valence-corrected chi connectivity index (χ4v) is 2.44. The van der Waals surface area contributed by atoms with Gasteiger partial charge in [0.15, 0.2) is 5.16 Å². The summed E-state index contributed by atoms with van der Waals surface area (Å²) in [6.07, 6.45) is 1.51. The summed E-state index contributed by atoms with van der Waals surface area (Å²) in [6.45, 7) is 3.75. The van der Waals surface area contributed by atoms with E-state index in [2.05, 4.69) is 28.4 Å². The number of aryl methyl sites for hydroxylation is 1. The minimum Gasteiger partial charge on any atom is -0.313 e. The van der Waals surface area contributed by atoms with Gasteiger partial charge in [0.25, 0.3) is 0 Å². The van der Waals surface area contributed by atoms with E-state index in [1.54, 1.807) is 4.68 Å². The van der Waals surface area contributed by atoms with E-state index >= 15 is 0 Å². The maximum absolute atomic E-state index is 9.24. The maximum Gasteiger partial charge on any atom is 0.190 e. The van der Waals surface area contributed by atoms with Crippen LogP contribution in [0.3, 0.4) is 0 Å². The molecule has 5 nitrogen and oxygen atoms in total. The summed E-state index contributed by atoms with van der Waals surface area (Å²) in [5, 5.41) is 17.3. The van der Waals surface area contributed by atoms with Crippen LogP contribution in [0.5, 0.6) is 0 Å². The molecule has 1 heterocycles. The van der Waals surface area contributed by atoms with Crippen LogP contribution < -0.4 is 5.32 Å². The van der Waals surface area contributed by atoms with Gasteiger partial charge in [-0.1, -0.05) is 13.0 Å². The van der Waals surface area contributed by atoms with E-state index < -0.39 is 0 Å². The molecule has 0 aliphatic carbocycles. The van der Waals surface area contributed by atoms with Crippen molar-refractivity contribution in [3.8, 4) is 6.07 Å². The molecule has 1 N–H and O–H groups in total. The van der Waals surface area contributed by atoms with Crippen molar-refractivity contribution in [2.24, 2.45) is 7.05 Å². The third-order valence-corrected chi connectivity index (χ3v) is 3.74. The normalized spacial score (nSPS) is 10.4. The van der Waals surface area contributed by atoms with E-state index in [-0.39, 0.29) is 0 Å². The molecular weight excluding hydrogens is 258 g/mol. The molecule has 0 spiro atoms. The van der Waals surface area contributed by atoms with Gasteiger partial charge in [-0.05, 0) is 36.0 Å². The summed E-state index contributed by atoms with van der Waals surface area (Å²) in [5.74, 6) is 0. The number of nitriles is 1. The van der Waals surface area contributed by atoms with Crippen LogP contribution in [0, 0.1) is 11.3 Å². The number of hydrogen-bond donors (Lipinski definition) is 1. The standard InChI is InChI=1S/C13H15N5S/c1-3-15-8-10-4-5-12(11(6-10)7-14)19-13-16-9-17-18(13)2/h4-6,9,15H,3,8H2,1-2H3. The van der Waals surface area contributed by atoms with Crippen molar-refractivity contribution < 1.29 is 0 Å². The Balaban J connectivity index is 2.22. The van der Waals surface area contributed by atoms with Crippen molar-refractivity contribution in [3.63, 3.8) is 0 Å². The molecular formula is C13H15N5S. The van der Waals surface area contributed by atoms with Crippen molar-refractivity contribution in [1.29, 1.82) is 5.26 Å². The molecule has 2 aromatic rings. The number of rotatable bonds is 5. The van der Waals surface area contributed by atoms with Crippen LogP contribution in [0.2, 0.25) is 0 Å². The van der Waals surface area contributed by atoms with Gasteiger partial charge in [-0.2, -0.15) is 10.4 Å². The van der Waals surface area contributed by atoms with Crippen LogP contribution in [0.4, 0.5) is 0 Å². The van der Waals surface area contributed by atoms with Gasteiger partial charge in [0.1, 0.15) is 12.4 Å². The summed E-state index contributed by atoms with van der Waals surface area (Å²) in [7, 11) is 1.83. The predicted octanol–water partition coefficient (Wildman–Crippen LogP) is 1.95. The molecule has 0 fully saturated rings. The molecule has 0 aliphatic heterocycles. The van der Waals surface area contributed by atoms with Crippen LogP contribution in [-0.2, 0) is 13.6 Å². The molecule has 0 amide bonds. The first kappa shape index (κ1) is 13.6. The van der Waals surface area contributed by atoms with E-state index in [1.165, 1.54) is 18.1 Å². The highest BCUT2D eigenvalue weighted by atomic mass is 32.2. The van der Waals surface area contributed by atoms with Gasteiger partial charge in [-0.15, -0.1) is 0 Å². The van der Waals surface area contributed by atoms with Gasteiger partial charge in [-0.25, -0.2) is 9.67 Å². The topological polar surface area (TPSA) is 66.5 Å². The third kappa shape index (κ3) is 3.34. The number of hydrogen-bond acceptors (Lipinski definition) is 5. The maximum atomic E-state index is 9.24. The fraction of sp³-hybridized carbons (Fsp3) is 0.308. The molecule has 98 valence electrons. The lowest BCUT2D eigenvalue weighted by Gasteiger charge is -2.06. The number of nitrogens with one attached hydrogen (secondary N) is 1. The average molecular weight is 273 g/mol. The number of benzene rings is 1. The Morgan fingerprint density at radius 3 is 2.95 bits per heavy atom. The highest BCUT2D eigenvalue weighted by molar-refractivity contribution is 7.99. The largest absolute Gasteiger partial charge is 0.313 e. The van der Waals surface area contributed by atoms with Crippen LogP contribution in [0.25, 0.3) is 0 Å². The van der Waals surface area contributed by atoms with Gasteiger partial charge in [0, 0.05) is 18.5 Å². The second-order valence-corrected chi connectivity index (χ2v) is 5.00. The summed E-state index contributed by atoms with van der Waals surface area (Å²) < 4.78 is 1.69. The lowest BCUT2D eigenvalue weighted by Crippen LogP contribution is -2.11. The zero-order chi connectivity index (χ0) is 13.7. The minimum absolute atomic E-state index is 0.670. The van der Waals surface area contributed by atoms with Crippen molar-refractivity contribution in [1.82, 2.24) is 20.1 Å². The van der Waals surface area contributed by atoms with E-state index in [4.69, 9.17) is 0 Å². The van der Waals surface area contributed by atoms with E-state index in [9.17, 15) is 5.26 Å². The highest BCUT2D eigenvalue weighted by Gasteiger charge is 2.09. The Hall–Kier alpha value is -1.84. The zero-order valence-corrected chi connectivity index (χ0v) is 11.7. The molecule has 6 heteroatoms. The van der Waals surface area contributed by atoms with Crippen molar-refractivity contribution in [2.75, 3.05) is 6.54 Å². The summed E-state index contributed by atoms with van der Waals surface area (Å²) in [5.41, 5.74) is 1.78. The molecule has 1 aromatic carbocycles. The van der Waals surface area contributed by atoms with Crippen molar-refractivity contribution in [3.05, 3.63) is 35.7 Å². The average Bonchev–Trinajstić information content (AvgIpc) is 2.83. The quantitative estimate of drug-likeness (QED) is 0.902. The molecule has 19 heavy (non-hydrogen) atoms. The SMILES string of the molecule is CCNCc1ccc(Sc2ncnn2C)c(C#N)c1. The second kappa shape index (κ2) is 6.36. The van der Waals surface area contributed by atoms with Gasteiger partial charge >= 0.3 is 0 Å². The van der Waals surface area contributed by atoms with Gasteiger partial charge < -0.3 is 5.32 Å². The molecule has 0 bridgehead atoms. The summed E-state index contributed by atoms with van der Waals surface area (Å²) in [6, 6.07) is 8.15. The second-order valence-electron chi connectivity index (χ2n) is 3.99. The third-order valence-electron chi connectivity index (χ3n) is 2.61. The lowest BCUT2D eigenvalue weighted by molar-refractivity contribution is 0.685. The smallest absolute Gasteiger partial charge is 0.190 e. The van der Waals surface area contributed by atoms with Crippen LogP contribution >= 0.6 is 11.8 Å². The monoisotopic (exact) mass is 273 g/mol. The number of nitrogens with zero attached hydrogens (tertiary/aromatic N) is 4. The van der Waals surface area contributed by atoms with Crippen molar-refractivity contribution in [2.45, 2.75) is 23.5 Å². The van der Waals surface area contributed by atoms with Crippen LogP contribution in [0.15, 0.2) is 34.6 Å². The van der Waals surface area contributed by atoms with Gasteiger partial charge in [0.2, 0.25) is 0 Å². The molecule has 2 rings (SSSR count). The fourth-order valence-electron chi connectivity index (χ4n) is 1.61. The zero-order valence-electron chi connectivity index (χ0n) is 10.9. The van der Waals surface area contributed by atoms with Gasteiger partial charge in [-0.3, -0.25) is 0 Å².